The number of rotatable bonds is 6. The van der Waals surface area contributed by atoms with Gasteiger partial charge in [-0.2, -0.15) is 15.0 Å². The molecule has 0 saturated carbocycles. The van der Waals surface area contributed by atoms with Gasteiger partial charge in [-0.15, -0.1) is 0 Å². The first-order valence-electron chi connectivity index (χ1n) is 8.22. The van der Waals surface area contributed by atoms with Crippen LogP contribution in [0.25, 0.3) is 5.69 Å². The van der Waals surface area contributed by atoms with E-state index in [1.165, 1.54) is 7.11 Å². The van der Waals surface area contributed by atoms with Crippen LogP contribution in [0.1, 0.15) is 18.5 Å². The van der Waals surface area contributed by atoms with Crippen molar-refractivity contribution in [1.82, 2.24) is 25.2 Å². The SMILES string of the molecule is COCC(=O)NC1CCN(Cc2cnn(-c3ccccc3)n2)CC1. The van der Waals surface area contributed by atoms with Gasteiger partial charge >= 0.3 is 0 Å². The summed E-state index contributed by atoms with van der Waals surface area (Å²) >= 11 is 0. The number of nitrogens with one attached hydrogen (secondary N) is 1. The molecule has 0 radical (unpaired) electrons. The van der Waals surface area contributed by atoms with Crippen molar-refractivity contribution in [3.05, 3.63) is 42.2 Å². The summed E-state index contributed by atoms with van der Waals surface area (Å²) in [6.45, 7) is 2.79. The molecule has 0 unspecified atom stereocenters. The molecule has 1 aliphatic rings. The van der Waals surface area contributed by atoms with E-state index in [-0.39, 0.29) is 18.6 Å². The number of benzene rings is 1. The van der Waals surface area contributed by atoms with Crippen molar-refractivity contribution in [3.63, 3.8) is 0 Å². The minimum Gasteiger partial charge on any atom is -0.375 e. The number of ether oxygens (including phenoxy) is 1. The molecule has 7 heteroatoms. The Kier molecular flexibility index (Phi) is 5.55. The van der Waals surface area contributed by atoms with Crippen LogP contribution in [0.4, 0.5) is 0 Å². The molecular formula is C17H23N5O2. The van der Waals surface area contributed by atoms with Gasteiger partial charge in [0.15, 0.2) is 0 Å². The molecule has 0 bridgehead atoms. The summed E-state index contributed by atoms with van der Waals surface area (Å²) in [6, 6.07) is 10.1. The molecule has 1 amide bonds. The number of para-hydroxylation sites is 1. The maximum Gasteiger partial charge on any atom is 0.246 e. The van der Waals surface area contributed by atoms with Crippen LogP contribution in [0.2, 0.25) is 0 Å². The van der Waals surface area contributed by atoms with E-state index in [9.17, 15) is 4.79 Å². The number of carbonyl (C=O) groups excluding carboxylic acids is 1. The van der Waals surface area contributed by atoms with Gasteiger partial charge in [0, 0.05) is 32.8 Å². The second kappa shape index (κ2) is 8.03. The summed E-state index contributed by atoms with van der Waals surface area (Å²) in [5.41, 5.74) is 1.92. The van der Waals surface area contributed by atoms with Crippen LogP contribution in [-0.2, 0) is 16.1 Å². The molecule has 1 aromatic heterocycles. The summed E-state index contributed by atoms with van der Waals surface area (Å²) < 4.78 is 4.84. The number of piperidine rings is 1. The summed E-state index contributed by atoms with van der Waals surface area (Å²) in [4.78, 5) is 15.6. The first-order chi connectivity index (χ1) is 11.7. The monoisotopic (exact) mass is 329 g/mol. The van der Waals surface area contributed by atoms with Crippen molar-refractivity contribution >= 4 is 5.91 Å². The molecule has 1 N–H and O–H groups in total. The second-order valence-electron chi connectivity index (χ2n) is 6.01. The first-order valence-corrected chi connectivity index (χ1v) is 8.22. The van der Waals surface area contributed by atoms with Crippen molar-refractivity contribution < 1.29 is 9.53 Å². The Morgan fingerprint density at radius 1 is 1.29 bits per heavy atom. The Hall–Kier alpha value is -2.25. The molecule has 7 nitrogen and oxygen atoms in total. The maximum absolute atomic E-state index is 11.6. The third kappa shape index (κ3) is 4.39. The minimum atomic E-state index is -0.0400. The molecule has 24 heavy (non-hydrogen) atoms. The van der Waals surface area contributed by atoms with Crippen LogP contribution in [0.3, 0.4) is 0 Å². The van der Waals surface area contributed by atoms with E-state index in [4.69, 9.17) is 4.74 Å². The quantitative estimate of drug-likeness (QED) is 0.856. The van der Waals surface area contributed by atoms with Crippen molar-refractivity contribution in [3.8, 4) is 5.69 Å². The molecule has 2 heterocycles. The molecule has 128 valence electrons. The molecule has 0 aliphatic carbocycles. The number of aromatic nitrogens is 3. The van der Waals surface area contributed by atoms with Crippen LogP contribution < -0.4 is 5.32 Å². The third-order valence-electron chi connectivity index (χ3n) is 4.14. The summed E-state index contributed by atoms with van der Waals surface area (Å²) in [5.74, 6) is -0.0400. The van der Waals surface area contributed by atoms with Crippen LogP contribution in [-0.4, -0.2) is 58.6 Å². The second-order valence-corrected chi connectivity index (χ2v) is 6.01. The maximum atomic E-state index is 11.6. The number of nitrogens with zero attached hydrogens (tertiary/aromatic N) is 4. The smallest absolute Gasteiger partial charge is 0.246 e. The van der Waals surface area contributed by atoms with Gasteiger partial charge in [0.25, 0.3) is 0 Å². The van der Waals surface area contributed by atoms with E-state index in [2.05, 4.69) is 20.4 Å². The Morgan fingerprint density at radius 2 is 2.04 bits per heavy atom. The van der Waals surface area contributed by atoms with E-state index in [0.29, 0.717) is 0 Å². The topological polar surface area (TPSA) is 72.3 Å². The van der Waals surface area contributed by atoms with E-state index >= 15 is 0 Å². The number of hydrogen-bond donors (Lipinski definition) is 1. The zero-order valence-electron chi connectivity index (χ0n) is 13.9. The van der Waals surface area contributed by atoms with Gasteiger partial charge in [-0.1, -0.05) is 18.2 Å². The van der Waals surface area contributed by atoms with Gasteiger partial charge in [0.1, 0.15) is 6.61 Å². The first kappa shape index (κ1) is 16.6. The highest BCUT2D eigenvalue weighted by atomic mass is 16.5. The number of hydrogen-bond acceptors (Lipinski definition) is 5. The number of carbonyl (C=O) groups is 1. The van der Waals surface area contributed by atoms with Crippen LogP contribution in [0.15, 0.2) is 36.5 Å². The number of likely N-dealkylation sites (tertiary alicyclic amines) is 1. The molecule has 0 atom stereocenters. The van der Waals surface area contributed by atoms with Gasteiger partial charge in [-0.3, -0.25) is 9.69 Å². The molecule has 1 aliphatic heterocycles. The molecular weight excluding hydrogens is 306 g/mol. The molecule has 2 aromatic rings. The summed E-state index contributed by atoms with van der Waals surface area (Å²) in [6.07, 6.45) is 3.71. The zero-order valence-corrected chi connectivity index (χ0v) is 13.9. The van der Waals surface area contributed by atoms with Gasteiger partial charge in [0.2, 0.25) is 5.91 Å². The fourth-order valence-electron chi connectivity index (χ4n) is 2.92. The van der Waals surface area contributed by atoms with E-state index in [1.807, 2.05) is 36.5 Å². The van der Waals surface area contributed by atoms with Gasteiger partial charge in [0.05, 0.1) is 17.6 Å². The van der Waals surface area contributed by atoms with Crippen LogP contribution in [0.5, 0.6) is 0 Å². The average Bonchev–Trinajstić information content (AvgIpc) is 3.06. The standard InChI is InChI=1S/C17H23N5O2/c1-24-13-17(23)19-14-7-9-21(10-8-14)12-15-11-18-22(20-15)16-5-3-2-4-6-16/h2-6,11,14H,7-10,12-13H2,1H3,(H,19,23). The van der Waals surface area contributed by atoms with Crippen LogP contribution in [0, 0.1) is 0 Å². The third-order valence-corrected chi connectivity index (χ3v) is 4.14. The average molecular weight is 329 g/mol. The van der Waals surface area contributed by atoms with Crippen molar-refractivity contribution in [1.29, 1.82) is 0 Å². The zero-order chi connectivity index (χ0) is 16.8. The predicted molar refractivity (Wildman–Crippen MR) is 89.7 cm³/mol. The highest BCUT2D eigenvalue weighted by Crippen LogP contribution is 2.13. The van der Waals surface area contributed by atoms with E-state index < -0.39 is 0 Å². The summed E-state index contributed by atoms with van der Waals surface area (Å²) in [7, 11) is 1.53. The van der Waals surface area contributed by atoms with Crippen LogP contribution >= 0.6 is 0 Å². The molecule has 1 fully saturated rings. The summed E-state index contributed by atoms with van der Waals surface area (Å²) in [5, 5.41) is 11.9. The number of amides is 1. The van der Waals surface area contributed by atoms with Crippen molar-refractivity contribution in [2.75, 3.05) is 26.8 Å². The minimum absolute atomic E-state index is 0.0400. The highest BCUT2D eigenvalue weighted by molar-refractivity contribution is 5.77. The molecule has 0 spiro atoms. The van der Waals surface area contributed by atoms with Gasteiger partial charge < -0.3 is 10.1 Å². The Morgan fingerprint density at radius 3 is 2.75 bits per heavy atom. The van der Waals surface area contributed by atoms with Gasteiger partial charge in [-0.05, 0) is 25.0 Å². The highest BCUT2D eigenvalue weighted by Gasteiger charge is 2.21. The number of methoxy groups -OCH3 is 1. The Labute approximate surface area is 141 Å². The molecule has 1 saturated heterocycles. The van der Waals surface area contributed by atoms with Crippen molar-refractivity contribution in [2.24, 2.45) is 0 Å². The lowest BCUT2D eigenvalue weighted by atomic mass is 10.0. The Balaban J connectivity index is 1.48. The lowest BCUT2D eigenvalue weighted by Crippen LogP contribution is -2.45. The normalized spacial score (nSPS) is 16.2. The molecule has 3 rings (SSSR count). The van der Waals surface area contributed by atoms with Gasteiger partial charge in [-0.25, -0.2) is 0 Å². The lowest BCUT2D eigenvalue weighted by molar-refractivity contribution is -0.125. The lowest BCUT2D eigenvalue weighted by Gasteiger charge is -2.31. The fourth-order valence-corrected chi connectivity index (χ4v) is 2.92. The molecule has 1 aromatic carbocycles. The predicted octanol–water partition coefficient (Wildman–Crippen LogP) is 0.994. The Bertz CT molecular complexity index is 650. The fraction of sp³-hybridized carbons (Fsp3) is 0.471. The van der Waals surface area contributed by atoms with E-state index in [1.54, 1.807) is 4.80 Å². The largest absolute Gasteiger partial charge is 0.375 e. The van der Waals surface area contributed by atoms with Crippen molar-refractivity contribution in [2.45, 2.75) is 25.4 Å². The van der Waals surface area contributed by atoms with E-state index in [0.717, 1.165) is 43.9 Å².